The number of aromatic nitrogens is 2. The average Bonchev–Trinajstić information content (AvgIpc) is 2.80. The van der Waals surface area contributed by atoms with Crippen molar-refractivity contribution in [2.24, 2.45) is 0 Å². The molecule has 0 saturated heterocycles. The molecule has 0 aliphatic rings. The van der Waals surface area contributed by atoms with Crippen molar-refractivity contribution in [2.75, 3.05) is 0 Å². The summed E-state index contributed by atoms with van der Waals surface area (Å²) in [5.41, 5.74) is 0. The Kier molecular flexibility index (Phi) is 3.36. The number of nitrogens with zero attached hydrogens (tertiary/aromatic N) is 2. The second kappa shape index (κ2) is 4.99. The van der Waals surface area contributed by atoms with Crippen molar-refractivity contribution in [3.05, 3.63) is 44.6 Å². The van der Waals surface area contributed by atoms with Crippen LogP contribution in [0.15, 0.2) is 35.7 Å². The van der Waals surface area contributed by atoms with Crippen LogP contribution in [0.3, 0.4) is 0 Å². The Morgan fingerprint density at radius 2 is 1.89 bits per heavy atom. The molecule has 6 heteroatoms. The molecule has 1 aromatic carbocycles. The van der Waals surface area contributed by atoms with Gasteiger partial charge in [0.15, 0.2) is 0 Å². The Morgan fingerprint density at radius 3 is 2.67 bits per heavy atom. The van der Waals surface area contributed by atoms with E-state index < -0.39 is 0 Å². The van der Waals surface area contributed by atoms with Gasteiger partial charge in [-0.1, -0.05) is 0 Å². The van der Waals surface area contributed by atoms with Gasteiger partial charge < -0.3 is 4.74 Å². The van der Waals surface area contributed by atoms with E-state index in [9.17, 15) is 0 Å². The first-order valence-electron chi connectivity index (χ1n) is 5.06. The fourth-order valence-corrected chi connectivity index (χ4v) is 2.82. The van der Waals surface area contributed by atoms with Crippen LogP contribution >= 0.6 is 45.5 Å². The molecule has 0 N–H and O–H groups in total. The summed E-state index contributed by atoms with van der Waals surface area (Å²) >= 11 is 9.63. The molecule has 2 aromatic heterocycles. The Bertz CT molecular complexity index is 699. The Labute approximate surface area is 126 Å². The predicted octanol–water partition coefficient (Wildman–Crippen LogP) is 4.74. The minimum atomic E-state index is 0.200. The van der Waals surface area contributed by atoms with Crippen LogP contribution in [0.25, 0.3) is 10.2 Å². The van der Waals surface area contributed by atoms with E-state index in [1.54, 1.807) is 0 Å². The highest BCUT2D eigenvalue weighted by Crippen LogP contribution is 2.31. The number of rotatable bonds is 2. The van der Waals surface area contributed by atoms with E-state index in [4.69, 9.17) is 16.3 Å². The van der Waals surface area contributed by atoms with E-state index >= 15 is 0 Å². The number of fused-ring (bicyclic) bond motifs is 1. The molecule has 0 amide bonds. The van der Waals surface area contributed by atoms with Gasteiger partial charge in [-0.15, -0.1) is 11.3 Å². The van der Waals surface area contributed by atoms with Crippen LogP contribution in [0.5, 0.6) is 11.6 Å². The molecule has 0 unspecified atom stereocenters. The van der Waals surface area contributed by atoms with Gasteiger partial charge >= 0.3 is 0 Å². The van der Waals surface area contributed by atoms with E-state index in [-0.39, 0.29) is 5.28 Å². The molecule has 0 aliphatic carbocycles. The second-order valence-corrected chi connectivity index (χ2v) is 5.97. The van der Waals surface area contributed by atoms with E-state index in [0.29, 0.717) is 5.88 Å². The van der Waals surface area contributed by atoms with Crippen LogP contribution in [0, 0.1) is 3.57 Å². The maximum atomic E-state index is 5.88. The number of ether oxygens (including phenoxy) is 1. The minimum Gasteiger partial charge on any atom is -0.438 e. The zero-order valence-electron chi connectivity index (χ0n) is 8.93. The molecule has 90 valence electrons. The molecule has 0 bridgehead atoms. The third kappa shape index (κ3) is 2.43. The first-order valence-corrected chi connectivity index (χ1v) is 7.40. The average molecular weight is 389 g/mol. The van der Waals surface area contributed by atoms with Crippen LogP contribution in [0.2, 0.25) is 5.28 Å². The molecule has 18 heavy (non-hydrogen) atoms. The van der Waals surface area contributed by atoms with Crippen molar-refractivity contribution in [3.8, 4) is 11.6 Å². The summed E-state index contributed by atoms with van der Waals surface area (Å²) in [6.07, 6.45) is 0. The highest BCUT2D eigenvalue weighted by Gasteiger charge is 2.09. The van der Waals surface area contributed by atoms with Gasteiger partial charge in [0.1, 0.15) is 10.6 Å². The van der Waals surface area contributed by atoms with Crippen molar-refractivity contribution in [1.82, 2.24) is 9.97 Å². The first-order chi connectivity index (χ1) is 8.72. The van der Waals surface area contributed by atoms with Crippen LogP contribution in [-0.2, 0) is 0 Å². The fourth-order valence-electron chi connectivity index (χ4n) is 1.50. The third-order valence-corrected chi connectivity index (χ3v) is 3.99. The van der Waals surface area contributed by atoms with Gasteiger partial charge in [-0.05, 0) is 69.9 Å². The summed E-state index contributed by atoms with van der Waals surface area (Å²) in [6.45, 7) is 0. The highest BCUT2D eigenvalue weighted by atomic mass is 127. The van der Waals surface area contributed by atoms with E-state index in [0.717, 1.165) is 19.5 Å². The number of hydrogen-bond acceptors (Lipinski definition) is 4. The van der Waals surface area contributed by atoms with E-state index in [1.807, 2.05) is 35.7 Å². The zero-order valence-corrected chi connectivity index (χ0v) is 12.7. The number of thiophene rings is 1. The second-order valence-electron chi connectivity index (χ2n) is 3.49. The Morgan fingerprint density at radius 1 is 1.11 bits per heavy atom. The minimum absolute atomic E-state index is 0.200. The lowest BCUT2D eigenvalue weighted by Gasteiger charge is -2.05. The Balaban J connectivity index is 2.03. The standard InChI is InChI=1S/C12H6ClIN2OS/c13-12-15-10(9-5-6-18-11(9)16-12)17-8-3-1-7(14)2-4-8/h1-6H. The van der Waals surface area contributed by atoms with Gasteiger partial charge in [0, 0.05) is 3.57 Å². The summed E-state index contributed by atoms with van der Waals surface area (Å²) in [5, 5.41) is 3.02. The van der Waals surface area contributed by atoms with Crippen LogP contribution in [-0.4, -0.2) is 9.97 Å². The van der Waals surface area contributed by atoms with Crippen LogP contribution in [0.4, 0.5) is 0 Å². The molecule has 0 atom stereocenters. The molecular formula is C12H6ClIN2OS. The lowest BCUT2D eigenvalue weighted by atomic mass is 10.3. The summed E-state index contributed by atoms with van der Waals surface area (Å²) in [6, 6.07) is 9.68. The molecule has 0 radical (unpaired) electrons. The van der Waals surface area contributed by atoms with Crippen molar-refractivity contribution in [3.63, 3.8) is 0 Å². The van der Waals surface area contributed by atoms with Crippen molar-refractivity contribution >= 4 is 55.7 Å². The lowest BCUT2D eigenvalue weighted by Crippen LogP contribution is -1.91. The van der Waals surface area contributed by atoms with E-state index in [1.165, 1.54) is 11.3 Å². The van der Waals surface area contributed by atoms with E-state index in [2.05, 4.69) is 32.6 Å². The number of halogens is 2. The topological polar surface area (TPSA) is 35.0 Å². The molecule has 0 fully saturated rings. The quantitative estimate of drug-likeness (QED) is 0.470. The first kappa shape index (κ1) is 12.1. The third-order valence-electron chi connectivity index (χ3n) is 2.29. The maximum absolute atomic E-state index is 5.88. The SMILES string of the molecule is Clc1nc(Oc2ccc(I)cc2)c2ccsc2n1. The molecule has 3 rings (SSSR count). The van der Waals surface area contributed by atoms with Gasteiger partial charge in [0.05, 0.1) is 5.39 Å². The molecule has 3 aromatic rings. The fraction of sp³-hybridized carbons (Fsp3) is 0. The zero-order chi connectivity index (χ0) is 12.5. The monoisotopic (exact) mass is 388 g/mol. The summed E-state index contributed by atoms with van der Waals surface area (Å²) in [5.74, 6) is 1.23. The number of benzene rings is 1. The van der Waals surface area contributed by atoms with Crippen LogP contribution in [0.1, 0.15) is 0 Å². The lowest BCUT2D eigenvalue weighted by molar-refractivity contribution is 0.468. The van der Waals surface area contributed by atoms with Gasteiger partial charge in [0.2, 0.25) is 11.2 Å². The summed E-state index contributed by atoms with van der Waals surface area (Å²) in [4.78, 5) is 9.10. The number of hydrogen-bond donors (Lipinski definition) is 0. The Hall–Kier alpha value is -0.920. The predicted molar refractivity (Wildman–Crippen MR) is 81.7 cm³/mol. The smallest absolute Gasteiger partial charge is 0.232 e. The molecular weight excluding hydrogens is 383 g/mol. The van der Waals surface area contributed by atoms with Crippen molar-refractivity contribution in [1.29, 1.82) is 0 Å². The van der Waals surface area contributed by atoms with Crippen molar-refractivity contribution < 1.29 is 4.74 Å². The molecule has 0 saturated carbocycles. The van der Waals surface area contributed by atoms with Crippen molar-refractivity contribution in [2.45, 2.75) is 0 Å². The molecule has 0 spiro atoms. The summed E-state index contributed by atoms with van der Waals surface area (Å²) in [7, 11) is 0. The summed E-state index contributed by atoms with van der Waals surface area (Å²) < 4.78 is 6.91. The van der Waals surface area contributed by atoms with Gasteiger partial charge in [-0.2, -0.15) is 4.98 Å². The highest BCUT2D eigenvalue weighted by molar-refractivity contribution is 14.1. The molecule has 3 nitrogen and oxygen atoms in total. The maximum Gasteiger partial charge on any atom is 0.232 e. The van der Waals surface area contributed by atoms with Gasteiger partial charge in [0.25, 0.3) is 0 Å². The largest absolute Gasteiger partial charge is 0.438 e. The molecule has 0 aliphatic heterocycles. The normalized spacial score (nSPS) is 10.8. The van der Waals surface area contributed by atoms with Gasteiger partial charge in [-0.3, -0.25) is 0 Å². The molecule has 2 heterocycles. The van der Waals surface area contributed by atoms with Crippen LogP contribution < -0.4 is 4.74 Å². The van der Waals surface area contributed by atoms with Gasteiger partial charge in [-0.25, -0.2) is 4.98 Å².